The minimum Gasteiger partial charge on any atom is -0.407 e. The second-order valence-corrected chi connectivity index (χ2v) is 6.55. The zero-order chi connectivity index (χ0) is 13.4. The Kier molecular flexibility index (Phi) is 3.20. The van der Waals surface area contributed by atoms with Crippen molar-refractivity contribution in [2.75, 3.05) is 5.32 Å². The maximum atomic E-state index is 5.66. The van der Waals surface area contributed by atoms with Gasteiger partial charge in [0.2, 0.25) is 5.89 Å². The number of thiophene rings is 1. The van der Waals surface area contributed by atoms with E-state index in [1.54, 1.807) is 0 Å². The molecule has 1 unspecified atom stereocenters. The average Bonchev–Trinajstić information content (AvgIpc) is 2.98. The first kappa shape index (κ1) is 12.3. The number of fused-ring (bicyclic) bond motifs is 1. The van der Waals surface area contributed by atoms with Gasteiger partial charge in [0.1, 0.15) is 0 Å². The highest BCUT2D eigenvalue weighted by atomic mass is 32.1. The average molecular weight is 290 g/mol. The smallest absolute Gasteiger partial charge is 0.315 e. The lowest BCUT2D eigenvalue weighted by Gasteiger charge is -2.22. The van der Waals surface area contributed by atoms with E-state index in [1.165, 1.54) is 36.1 Å². The molecule has 2 aromatic rings. The fraction of sp³-hybridized carbons (Fsp3) is 0.571. The molecule has 0 saturated heterocycles. The van der Waals surface area contributed by atoms with Crippen LogP contribution in [0.1, 0.15) is 48.1 Å². The summed E-state index contributed by atoms with van der Waals surface area (Å²) in [6.07, 6.45) is 6.08. The van der Waals surface area contributed by atoms with Crippen LogP contribution in [0.4, 0.5) is 6.01 Å². The molecule has 2 N–H and O–H groups in total. The van der Waals surface area contributed by atoms with E-state index in [1.807, 2.05) is 11.3 Å². The first-order valence-electron chi connectivity index (χ1n) is 7.27. The second-order valence-electron chi connectivity index (χ2n) is 5.54. The molecule has 0 bridgehead atoms. The lowest BCUT2D eigenvalue weighted by atomic mass is 9.94. The van der Waals surface area contributed by atoms with Crippen molar-refractivity contribution in [1.29, 1.82) is 0 Å². The molecule has 1 atom stereocenters. The SMILES string of the molecule is c1cc2c(s1)CCCC2Nc1nnc(CNC2CC2)o1. The van der Waals surface area contributed by atoms with E-state index >= 15 is 0 Å². The highest BCUT2D eigenvalue weighted by Gasteiger charge is 2.23. The Morgan fingerprint density at radius 1 is 1.30 bits per heavy atom. The van der Waals surface area contributed by atoms with Gasteiger partial charge in [-0.3, -0.25) is 0 Å². The van der Waals surface area contributed by atoms with E-state index in [0.717, 1.165) is 6.42 Å². The van der Waals surface area contributed by atoms with Gasteiger partial charge >= 0.3 is 6.01 Å². The molecule has 6 heteroatoms. The highest BCUT2D eigenvalue weighted by molar-refractivity contribution is 7.10. The van der Waals surface area contributed by atoms with Crippen LogP contribution >= 0.6 is 11.3 Å². The van der Waals surface area contributed by atoms with Crippen molar-refractivity contribution in [2.24, 2.45) is 0 Å². The summed E-state index contributed by atoms with van der Waals surface area (Å²) < 4.78 is 5.66. The maximum absolute atomic E-state index is 5.66. The molecule has 1 saturated carbocycles. The van der Waals surface area contributed by atoms with Crippen LogP contribution < -0.4 is 10.6 Å². The van der Waals surface area contributed by atoms with Gasteiger partial charge in [0.05, 0.1) is 12.6 Å². The van der Waals surface area contributed by atoms with Gasteiger partial charge in [-0.25, -0.2) is 0 Å². The molecule has 0 radical (unpaired) electrons. The number of nitrogens with one attached hydrogen (secondary N) is 2. The summed E-state index contributed by atoms with van der Waals surface area (Å²) in [5.41, 5.74) is 1.40. The van der Waals surface area contributed by atoms with Crippen molar-refractivity contribution in [3.05, 3.63) is 27.8 Å². The normalized spacial score (nSPS) is 21.7. The van der Waals surface area contributed by atoms with Gasteiger partial charge in [0.15, 0.2) is 0 Å². The van der Waals surface area contributed by atoms with E-state index in [9.17, 15) is 0 Å². The topological polar surface area (TPSA) is 63.0 Å². The summed E-state index contributed by atoms with van der Waals surface area (Å²) in [4.78, 5) is 1.49. The molecule has 2 aromatic heterocycles. The number of aromatic nitrogens is 2. The molecule has 1 fully saturated rings. The summed E-state index contributed by atoms with van der Waals surface area (Å²) in [5.74, 6) is 0.667. The number of anilines is 1. The van der Waals surface area contributed by atoms with E-state index in [2.05, 4.69) is 32.3 Å². The molecule has 5 nitrogen and oxygen atoms in total. The van der Waals surface area contributed by atoms with E-state index in [-0.39, 0.29) is 0 Å². The zero-order valence-corrected chi connectivity index (χ0v) is 12.1. The molecule has 4 rings (SSSR count). The minimum atomic E-state index is 0.315. The Morgan fingerprint density at radius 3 is 3.15 bits per heavy atom. The van der Waals surface area contributed by atoms with Crippen LogP contribution in [0.2, 0.25) is 0 Å². The van der Waals surface area contributed by atoms with Gasteiger partial charge in [-0.2, -0.15) is 0 Å². The van der Waals surface area contributed by atoms with Gasteiger partial charge in [-0.1, -0.05) is 5.10 Å². The minimum absolute atomic E-state index is 0.315. The van der Waals surface area contributed by atoms with Crippen LogP contribution in [0.25, 0.3) is 0 Å². The first-order valence-corrected chi connectivity index (χ1v) is 8.15. The summed E-state index contributed by atoms with van der Waals surface area (Å²) >= 11 is 1.85. The quantitative estimate of drug-likeness (QED) is 0.886. The lowest BCUT2D eigenvalue weighted by Crippen LogP contribution is -2.16. The van der Waals surface area contributed by atoms with E-state index in [4.69, 9.17) is 4.42 Å². The van der Waals surface area contributed by atoms with Crippen LogP contribution in [0.5, 0.6) is 0 Å². The van der Waals surface area contributed by atoms with E-state index < -0.39 is 0 Å². The van der Waals surface area contributed by atoms with Crippen molar-refractivity contribution >= 4 is 17.4 Å². The summed E-state index contributed by atoms with van der Waals surface area (Å²) in [6, 6.07) is 3.73. The number of hydrogen-bond acceptors (Lipinski definition) is 6. The number of rotatable bonds is 5. The van der Waals surface area contributed by atoms with Gasteiger partial charge in [0.25, 0.3) is 0 Å². The summed E-state index contributed by atoms with van der Waals surface area (Å²) in [7, 11) is 0. The van der Waals surface area contributed by atoms with Gasteiger partial charge in [0, 0.05) is 10.9 Å². The van der Waals surface area contributed by atoms with Crippen LogP contribution in [0.3, 0.4) is 0 Å². The highest BCUT2D eigenvalue weighted by Crippen LogP contribution is 2.35. The molecule has 106 valence electrons. The van der Waals surface area contributed by atoms with Crippen molar-refractivity contribution < 1.29 is 4.42 Å². The van der Waals surface area contributed by atoms with E-state index in [0.29, 0.717) is 30.5 Å². The monoisotopic (exact) mass is 290 g/mol. The molecular formula is C14H18N4OS. The third-order valence-electron chi connectivity index (χ3n) is 3.94. The van der Waals surface area contributed by atoms with Crippen molar-refractivity contribution in [3.63, 3.8) is 0 Å². The predicted molar refractivity (Wildman–Crippen MR) is 77.8 cm³/mol. The molecule has 0 aliphatic heterocycles. The van der Waals surface area contributed by atoms with Crippen LogP contribution in [0, 0.1) is 0 Å². The Morgan fingerprint density at radius 2 is 2.25 bits per heavy atom. The van der Waals surface area contributed by atoms with Crippen molar-refractivity contribution in [1.82, 2.24) is 15.5 Å². The standard InChI is InChI=1S/C14H18N4OS/c1-2-11(10-6-7-20-12(10)3-1)16-14-18-17-13(19-14)8-15-9-4-5-9/h6-7,9,11,15H,1-5,8H2,(H,16,18). The van der Waals surface area contributed by atoms with Gasteiger partial charge < -0.3 is 15.1 Å². The third kappa shape index (κ3) is 2.58. The number of nitrogens with zero attached hydrogens (tertiary/aromatic N) is 2. The molecule has 2 heterocycles. The summed E-state index contributed by atoms with van der Waals surface area (Å²) in [6.45, 7) is 0.674. The van der Waals surface area contributed by atoms with Crippen LogP contribution in [-0.2, 0) is 13.0 Å². The van der Waals surface area contributed by atoms with Gasteiger partial charge in [-0.05, 0) is 49.1 Å². The maximum Gasteiger partial charge on any atom is 0.315 e. The zero-order valence-electron chi connectivity index (χ0n) is 11.3. The Balaban J connectivity index is 1.41. The first-order chi connectivity index (χ1) is 9.88. The third-order valence-corrected chi connectivity index (χ3v) is 4.93. The fourth-order valence-corrected chi connectivity index (χ4v) is 3.68. The number of hydrogen-bond donors (Lipinski definition) is 2. The van der Waals surface area contributed by atoms with Crippen molar-refractivity contribution in [2.45, 2.75) is 50.7 Å². The summed E-state index contributed by atoms with van der Waals surface area (Å²) in [5, 5.41) is 17.1. The second kappa shape index (κ2) is 5.18. The molecule has 0 amide bonds. The Labute approximate surface area is 121 Å². The van der Waals surface area contributed by atoms with Crippen LogP contribution in [-0.4, -0.2) is 16.2 Å². The lowest BCUT2D eigenvalue weighted by molar-refractivity contribution is 0.467. The Bertz CT molecular complexity index is 590. The Hall–Kier alpha value is -1.40. The molecule has 2 aliphatic rings. The largest absolute Gasteiger partial charge is 0.407 e. The molecule has 20 heavy (non-hydrogen) atoms. The fourth-order valence-electron chi connectivity index (χ4n) is 2.69. The molecule has 0 spiro atoms. The number of aryl methyl sites for hydroxylation is 1. The van der Waals surface area contributed by atoms with Gasteiger partial charge in [-0.15, -0.1) is 16.4 Å². The predicted octanol–water partition coefficient (Wildman–Crippen LogP) is 2.87. The van der Waals surface area contributed by atoms with Crippen LogP contribution in [0.15, 0.2) is 15.9 Å². The molecule has 0 aromatic carbocycles. The molecule has 2 aliphatic carbocycles. The van der Waals surface area contributed by atoms with Crippen molar-refractivity contribution in [3.8, 4) is 0 Å². The molecular weight excluding hydrogens is 272 g/mol.